The van der Waals surface area contributed by atoms with E-state index in [-0.39, 0.29) is 5.91 Å². The van der Waals surface area contributed by atoms with Gasteiger partial charge in [0.2, 0.25) is 5.91 Å². The maximum atomic E-state index is 12.0. The zero-order valence-corrected chi connectivity index (χ0v) is 15.8. The van der Waals surface area contributed by atoms with Gasteiger partial charge in [-0.15, -0.1) is 11.3 Å². The van der Waals surface area contributed by atoms with Crippen LogP contribution in [-0.2, 0) is 17.6 Å². The van der Waals surface area contributed by atoms with Crippen LogP contribution in [0.3, 0.4) is 0 Å². The number of nitrogens with one attached hydrogen (secondary N) is 1. The lowest BCUT2D eigenvalue weighted by Crippen LogP contribution is -2.19. The summed E-state index contributed by atoms with van der Waals surface area (Å²) < 4.78 is 0. The molecule has 1 aromatic heterocycles. The highest BCUT2D eigenvalue weighted by Crippen LogP contribution is 2.42. The second-order valence-electron chi connectivity index (χ2n) is 8.34. The molecule has 0 aromatic carbocycles. The summed E-state index contributed by atoms with van der Waals surface area (Å²) in [6.07, 6.45) is 4.87. The van der Waals surface area contributed by atoms with Crippen molar-refractivity contribution in [3.63, 3.8) is 0 Å². The molecular formula is C19H28N2OS. The first-order valence-electron chi connectivity index (χ1n) is 8.54. The van der Waals surface area contributed by atoms with Crippen molar-refractivity contribution in [1.82, 2.24) is 0 Å². The molecular weight excluding hydrogens is 304 g/mol. The van der Waals surface area contributed by atoms with E-state index >= 15 is 0 Å². The second kappa shape index (κ2) is 7.05. The van der Waals surface area contributed by atoms with Gasteiger partial charge in [0.05, 0.1) is 5.56 Å². The Morgan fingerprint density at radius 3 is 2.70 bits per heavy atom. The Balaban J connectivity index is 2.16. The first-order valence-corrected chi connectivity index (χ1v) is 9.35. The van der Waals surface area contributed by atoms with Crippen molar-refractivity contribution >= 4 is 22.2 Å². The number of thiophene rings is 1. The fourth-order valence-electron chi connectivity index (χ4n) is 3.45. The Labute approximate surface area is 144 Å². The Morgan fingerprint density at radius 2 is 2.13 bits per heavy atom. The summed E-state index contributed by atoms with van der Waals surface area (Å²) in [7, 11) is 0. The first kappa shape index (κ1) is 18.0. The van der Waals surface area contributed by atoms with Gasteiger partial charge in [0.1, 0.15) is 11.1 Å². The van der Waals surface area contributed by atoms with E-state index < -0.39 is 0 Å². The van der Waals surface area contributed by atoms with Gasteiger partial charge in [-0.05, 0) is 48.5 Å². The summed E-state index contributed by atoms with van der Waals surface area (Å²) in [4.78, 5) is 13.3. The Kier molecular flexibility index (Phi) is 5.52. The third-order valence-corrected chi connectivity index (χ3v) is 5.40. The molecule has 23 heavy (non-hydrogen) atoms. The Hall–Kier alpha value is -1.34. The molecule has 126 valence electrons. The summed E-state index contributed by atoms with van der Waals surface area (Å²) in [5, 5.41) is 13.2. The maximum absolute atomic E-state index is 12.0. The zero-order valence-electron chi connectivity index (χ0n) is 15.0. The normalized spacial score (nSPS) is 17.7. The summed E-state index contributed by atoms with van der Waals surface area (Å²) in [5.41, 5.74) is 2.23. The van der Waals surface area contributed by atoms with Gasteiger partial charge < -0.3 is 5.32 Å². The van der Waals surface area contributed by atoms with E-state index in [4.69, 9.17) is 0 Å². The molecule has 4 heteroatoms. The number of nitriles is 1. The summed E-state index contributed by atoms with van der Waals surface area (Å²) >= 11 is 1.62. The van der Waals surface area contributed by atoms with Crippen LogP contribution in [-0.4, -0.2) is 5.91 Å². The molecule has 0 spiro atoms. The lowest BCUT2D eigenvalue weighted by molar-refractivity contribution is -0.116. The van der Waals surface area contributed by atoms with Crippen LogP contribution in [0.1, 0.15) is 69.9 Å². The van der Waals surface area contributed by atoms with Crippen LogP contribution in [0, 0.1) is 28.6 Å². The number of anilines is 1. The van der Waals surface area contributed by atoms with Crippen molar-refractivity contribution in [2.45, 2.75) is 66.7 Å². The smallest absolute Gasteiger partial charge is 0.225 e. The molecule has 1 aromatic rings. The number of nitrogens with zero attached hydrogens (tertiary/aromatic N) is 1. The number of amides is 1. The van der Waals surface area contributed by atoms with Crippen molar-refractivity contribution < 1.29 is 4.79 Å². The summed E-state index contributed by atoms with van der Waals surface area (Å²) in [6.45, 7) is 10.9. The SMILES string of the molecule is CC(C)CC(=O)Nc1sc2c(c1C#N)CCC(CC(C)(C)C)C2. The van der Waals surface area contributed by atoms with Gasteiger partial charge in [-0.3, -0.25) is 4.79 Å². The lowest BCUT2D eigenvalue weighted by atomic mass is 9.77. The van der Waals surface area contributed by atoms with E-state index in [1.807, 2.05) is 13.8 Å². The van der Waals surface area contributed by atoms with E-state index in [0.717, 1.165) is 24.3 Å². The number of hydrogen-bond acceptors (Lipinski definition) is 3. The monoisotopic (exact) mass is 332 g/mol. The molecule has 0 saturated heterocycles. The molecule has 2 rings (SSSR count). The van der Waals surface area contributed by atoms with Crippen LogP contribution in [0.2, 0.25) is 0 Å². The molecule has 0 bridgehead atoms. The third-order valence-electron chi connectivity index (χ3n) is 4.23. The molecule has 1 aliphatic carbocycles. The molecule has 0 radical (unpaired) electrons. The van der Waals surface area contributed by atoms with E-state index in [9.17, 15) is 10.1 Å². The van der Waals surface area contributed by atoms with E-state index in [1.165, 1.54) is 16.9 Å². The van der Waals surface area contributed by atoms with Crippen molar-refractivity contribution in [1.29, 1.82) is 5.26 Å². The molecule has 0 aliphatic heterocycles. The number of rotatable bonds is 4. The number of carbonyl (C=O) groups is 1. The molecule has 1 amide bonds. The van der Waals surface area contributed by atoms with Crippen LogP contribution in [0.4, 0.5) is 5.00 Å². The van der Waals surface area contributed by atoms with Crippen LogP contribution >= 0.6 is 11.3 Å². The Bertz CT molecular complexity index is 617. The fourth-order valence-corrected chi connectivity index (χ4v) is 4.78. The van der Waals surface area contributed by atoms with Crippen molar-refractivity contribution in [3.05, 3.63) is 16.0 Å². The highest BCUT2D eigenvalue weighted by atomic mass is 32.1. The predicted octanol–water partition coefficient (Wildman–Crippen LogP) is 5.15. The quantitative estimate of drug-likeness (QED) is 0.829. The highest BCUT2D eigenvalue weighted by molar-refractivity contribution is 7.16. The van der Waals surface area contributed by atoms with E-state index in [2.05, 4.69) is 32.2 Å². The van der Waals surface area contributed by atoms with Gasteiger partial charge in [-0.25, -0.2) is 0 Å². The molecule has 0 fully saturated rings. The third kappa shape index (κ3) is 4.81. The van der Waals surface area contributed by atoms with Crippen molar-refractivity contribution in [2.75, 3.05) is 5.32 Å². The van der Waals surface area contributed by atoms with Gasteiger partial charge in [-0.1, -0.05) is 34.6 Å². The molecule has 1 unspecified atom stereocenters. The van der Waals surface area contributed by atoms with Gasteiger partial charge in [-0.2, -0.15) is 5.26 Å². The van der Waals surface area contributed by atoms with E-state index in [1.54, 1.807) is 11.3 Å². The number of hydrogen-bond donors (Lipinski definition) is 1. The summed E-state index contributed by atoms with van der Waals surface area (Å²) in [5.74, 6) is 1.03. The van der Waals surface area contributed by atoms with Crippen LogP contribution in [0.25, 0.3) is 0 Å². The van der Waals surface area contributed by atoms with E-state index in [0.29, 0.717) is 29.2 Å². The highest BCUT2D eigenvalue weighted by Gasteiger charge is 2.28. The minimum Gasteiger partial charge on any atom is -0.317 e. The molecule has 1 atom stereocenters. The first-order chi connectivity index (χ1) is 10.7. The number of carbonyl (C=O) groups excluding carboxylic acids is 1. The van der Waals surface area contributed by atoms with Crippen molar-refractivity contribution in [3.8, 4) is 6.07 Å². The standard InChI is InChI=1S/C19H28N2OS/c1-12(2)8-17(22)21-18-15(11-20)14-7-6-13(9-16(14)23-18)10-19(3,4)5/h12-13H,6-10H2,1-5H3,(H,21,22). The summed E-state index contributed by atoms with van der Waals surface area (Å²) in [6, 6.07) is 2.32. The largest absolute Gasteiger partial charge is 0.317 e. The van der Waals surface area contributed by atoms with Gasteiger partial charge >= 0.3 is 0 Å². The topological polar surface area (TPSA) is 52.9 Å². The van der Waals surface area contributed by atoms with Crippen molar-refractivity contribution in [2.24, 2.45) is 17.3 Å². The second-order valence-corrected chi connectivity index (χ2v) is 9.44. The average Bonchev–Trinajstić information content (AvgIpc) is 2.71. The average molecular weight is 333 g/mol. The van der Waals surface area contributed by atoms with Crippen LogP contribution < -0.4 is 5.32 Å². The fraction of sp³-hybridized carbons (Fsp3) is 0.684. The van der Waals surface area contributed by atoms with Crippen LogP contribution in [0.15, 0.2) is 0 Å². The molecule has 1 heterocycles. The Morgan fingerprint density at radius 1 is 1.43 bits per heavy atom. The minimum atomic E-state index is 0.0151. The minimum absolute atomic E-state index is 0.0151. The molecule has 1 aliphatic rings. The van der Waals surface area contributed by atoms with Gasteiger partial charge in [0.25, 0.3) is 0 Å². The van der Waals surface area contributed by atoms with Crippen LogP contribution in [0.5, 0.6) is 0 Å². The van der Waals surface area contributed by atoms with Gasteiger partial charge in [0, 0.05) is 11.3 Å². The lowest BCUT2D eigenvalue weighted by Gasteiger charge is -2.28. The molecule has 0 saturated carbocycles. The zero-order chi connectivity index (χ0) is 17.2. The number of fused-ring (bicyclic) bond motifs is 1. The predicted molar refractivity (Wildman–Crippen MR) is 96.7 cm³/mol. The molecule has 1 N–H and O–H groups in total. The maximum Gasteiger partial charge on any atom is 0.225 e. The molecule has 3 nitrogen and oxygen atoms in total. The van der Waals surface area contributed by atoms with Gasteiger partial charge in [0.15, 0.2) is 0 Å².